The maximum Gasteiger partial charge on any atom is 0.425 e. The maximum atomic E-state index is 12.4. The summed E-state index contributed by atoms with van der Waals surface area (Å²) in [6.45, 7) is -0.106. The summed E-state index contributed by atoms with van der Waals surface area (Å²) < 4.78 is 31.1. The number of rotatable bonds is 5. The summed E-state index contributed by atoms with van der Waals surface area (Å²) in [4.78, 5) is 22.1. The predicted octanol–water partition coefficient (Wildman–Crippen LogP) is 1.01. The average Bonchev–Trinajstić information content (AvgIpc) is 2.91. The molecule has 0 saturated carbocycles. The highest BCUT2D eigenvalue weighted by Gasteiger charge is 2.37. The Kier molecular flexibility index (Phi) is 6.05. The van der Waals surface area contributed by atoms with Crippen LogP contribution >= 0.6 is 12.4 Å². The van der Waals surface area contributed by atoms with Crippen LogP contribution in [0.3, 0.4) is 0 Å². The van der Waals surface area contributed by atoms with E-state index in [9.17, 15) is 18.0 Å². The van der Waals surface area contributed by atoms with Crippen LogP contribution < -0.4 is 9.62 Å². The number of hydrogen-bond acceptors (Lipinski definition) is 5. The summed E-state index contributed by atoms with van der Waals surface area (Å²) in [6.07, 6.45) is -2.14. The molecule has 1 aliphatic rings. The lowest BCUT2D eigenvalue weighted by Crippen LogP contribution is -2.43. The molecule has 1 aromatic carbocycles. The molecule has 0 unspecified atom stereocenters. The van der Waals surface area contributed by atoms with Crippen molar-refractivity contribution in [1.29, 1.82) is 0 Å². The van der Waals surface area contributed by atoms with Crippen LogP contribution in [0.25, 0.3) is 0 Å². The monoisotopic (exact) mass is 365 g/mol. The fraction of sp³-hybridized carbons (Fsp3) is 0.333. The number of nitrogens with zero attached hydrogens (tertiary/aromatic N) is 2. The van der Waals surface area contributed by atoms with E-state index in [0.29, 0.717) is 9.87 Å². The molecule has 2 N–H and O–H groups in total. The van der Waals surface area contributed by atoms with Gasteiger partial charge >= 0.3 is 22.4 Å². The van der Waals surface area contributed by atoms with Crippen molar-refractivity contribution in [2.75, 3.05) is 24.5 Å². The largest absolute Gasteiger partial charge is 0.465 e. The number of carboxylic acid groups (broad SMARTS) is 1. The van der Waals surface area contributed by atoms with Gasteiger partial charge in [0.25, 0.3) is 0 Å². The third kappa shape index (κ3) is 3.96. The van der Waals surface area contributed by atoms with E-state index in [1.54, 1.807) is 18.2 Å². The summed E-state index contributed by atoms with van der Waals surface area (Å²) in [5.74, 6) is 0. The minimum atomic E-state index is -4.09. The predicted molar refractivity (Wildman–Crippen MR) is 83.9 cm³/mol. The number of halogens is 1. The van der Waals surface area contributed by atoms with Crippen molar-refractivity contribution in [2.45, 2.75) is 6.54 Å². The SMILES string of the molecule is CN(c1ccccc1CNC(=O)O)S(=O)(=O)N1CCOC1=O.Cl. The lowest BCUT2D eigenvalue weighted by molar-refractivity contribution is 0.170. The van der Waals surface area contributed by atoms with E-state index in [-0.39, 0.29) is 37.8 Å². The normalized spacial score (nSPS) is 14.0. The molecule has 128 valence electrons. The standard InChI is InChI=1S/C12H15N3O6S.ClH/c1-14(22(19,20)15-6-7-21-12(15)18)10-5-3-2-4-9(10)8-13-11(16)17;/h2-5,13H,6-8H2,1H3,(H,16,17);1H. The van der Waals surface area contributed by atoms with E-state index in [2.05, 4.69) is 10.1 Å². The zero-order valence-electron chi connectivity index (χ0n) is 12.1. The fourth-order valence-electron chi connectivity index (χ4n) is 2.00. The number of benzene rings is 1. The van der Waals surface area contributed by atoms with Crippen LogP contribution in [0, 0.1) is 0 Å². The minimum Gasteiger partial charge on any atom is -0.465 e. The number of hydrogen-bond donors (Lipinski definition) is 2. The second-order valence-corrected chi connectivity index (χ2v) is 6.33. The lowest BCUT2D eigenvalue weighted by atomic mass is 10.2. The highest BCUT2D eigenvalue weighted by molar-refractivity contribution is 7.91. The summed E-state index contributed by atoms with van der Waals surface area (Å²) >= 11 is 0. The number of amides is 2. The summed E-state index contributed by atoms with van der Waals surface area (Å²) in [5, 5.41) is 10.8. The molecule has 0 bridgehead atoms. The molecular weight excluding hydrogens is 350 g/mol. The first kappa shape index (κ1) is 18.8. The Labute approximate surface area is 139 Å². The molecule has 0 aliphatic carbocycles. The van der Waals surface area contributed by atoms with Gasteiger partial charge in [-0.3, -0.25) is 4.31 Å². The Morgan fingerprint density at radius 2 is 2.09 bits per heavy atom. The highest BCUT2D eigenvalue weighted by atomic mass is 35.5. The van der Waals surface area contributed by atoms with Gasteiger partial charge in [0.15, 0.2) is 0 Å². The Balaban J connectivity index is 0.00000264. The molecule has 9 nitrogen and oxygen atoms in total. The Morgan fingerprint density at radius 1 is 1.43 bits per heavy atom. The number of carbonyl (C=O) groups excluding carboxylic acids is 1. The van der Waals surface area contributed by atoms with Gasteiger partial charge in [0.1, 0.15) is 6.61 Å². The third-order valence-corrected chi connectivity index (χ3v) is 4.89. The van der Waals surface area contributed by atoms with Gasteiger partial charge in [-0.15, -0.1) is 12.4 Å². The molecule has 0 spiro atoms. The van der Waals surface area contributed by atoms with E-state index in [1.165, 1.54) is 13.1 Å². The van der Waals surface area contributed by atoms with Crippen molar-refractivity contribution in [3.05, 3.63) is 29.8 Å². The number of cyclic esters (lactones) is 1. The third-order valence-electron chi connectivity index (χ3n) is 3.11. The molecule has 0 atom stereocenters. The minimum absolute atomic E-state index is 0. The van der Waals surface area contributed by atoms with Crippen LogP contribution in [0.4, 0.5) is 15.3 Å². The van der Waals surface area contributed by atoms with Crippen LogP contribution in [0.15, 0.2) is 24.3 Å². The topological polar surface area (TPSA) is 116 Å². The smallest absolute Gasteiger partial charge is 0.425 e. The molecule has 11 heteroatoms. The van der Waals surface area contributed by atoms with Gasteiger partial charge in [0, 0.05) is 13.6 Å². The molecule has 1 aromatic rings. The van der Waals surface area contributed by atoms with Crippen LogP contribution in [0.1, 0.15) is 5.56 Å². The van der Waals surface area contributed by atoms with Crippen LogP contribution in [0.5, 0.6) is 0 Å². The van der Waals surface area contributed by atoms with Gasteiger partial charge < -0.3 is 15.2 Å². The van der Waals surface area contributed by atoms with Gasteiger partial charge in [-0.25, -0.2) is 9.59 Å². The molecular formula is C12H16ClN3O6S. The molecule has 2 amide bonds. The first-order valence-corrected chi connectivity index (χ1v) is 7.72. The molecule has 0 radical (unpaired) electrons. The number of anilines is 1. The van der Waals surface area contributed by atoms with Crippen molar-refractivity contribution in [1.82, 2.24) is 9.62 Å². The van der Waals surface area contributed by atoms with Crippen molar-refractivity contribution in [3.63, 3.8) is 0 Å². The molecule has 23 heavy (non-hydrogen) atoms. The van der Waals surface area contributed by atoms with Crippen molar-refractivity contribution < 1.29 is 27.9 Å². The summed E-state index contributed by atoms with van der Waals surface area (Å²) in [5.41, 5.74) is 0.736. The Hall–Kier alpha value is -2.20. The first-order chi connectivity index (χ1) is 10.3. The van der Waals surface area contributed by atoms with Crippen molar-refractivity contribution in [3.8, 4) is 0 Å². The van der Waals surface area contributed by atoms with E-state index in [0.717, 1.165) is 4.31 Å². The van der Waals surface area contributed by atoms with Crippen molar-refractivity contribution >= 4 is 40.5 Å². The maximum absolute atomic E-state index is 12.4. The van der Waals surface area contributed by atoms with Crippen LogP contribution in [-0.2, 0) is 21.5 Å². The summed E-state index contributed by atoms with van der Waals surface area (Å²) in [6, 6.07) is 6.40. The van der Waals surface area contributed by atoms with E-state index in [1.807, 2.05) is 0 Å². The first-order valence-electron chi connectivity index (χ1n) is 6.32. The second-order valence-electron chi connectivity index (χ2n) is 4.45. The molecule has 2 rings (SSSR count). The van der Waals surface area contributed by atoms with Gasteiger partial charge in [-0.1, -0.05) is 18.2 Å². The second kappa shape index (κ2) is 7.38. The highest BCUT2D eigenvalue weighted by Crippen LogP contribution is 2.24. The van der Waals surface area contributed by atoms with E-state index < -0.39 is 22.4 Å². The molecule has 1 heterocycles. The quantitative estimate of drug-likeness (QED) is 0.804. The number of carbonyl (C=O) groups is 2. The van der Waals surface area contributed by atoms with Crippen molar-refractivity contribution in [2.24, 2.45) is 0 Å². The zero-order valence-corrected chi connectivity index (χ0v) is 13.8. The number of ether oxygens (including phenoxy) is 1. The van der Waals surface area contributed by atoms with E-state index >= 15 is 0 Å². The molecule has 1 saturated heterocycles. The Morgan fingerprint density at radius 3 is 2.65 bits per heavy atom. The van der Waals surface area contributed by atoms with Gasteiger partial charge in [0.05, 0.1) is 12.2 Å². The van der Waals surface area contributed by atoms with Crippen LogP contribution in [-0.4, -0.2) is 50.2 Å². The van der Waals surface area contributed by atoms with E-state index in [4.69, 9.17) is 5.11 Å². The van der Waals surface area contributed by atoms with Gasteiger partial charge in [0.2, 0.25) is 0 Å². The van der Waals surface area contributed by atoms with Gasteiger partial charge in [-0.05, 0) is 11.6 Å². The fourth-order valence-corrected chi connectivity index (χ4v) is 3.27. The lowest BCUT2D eigenvalue weighted by Gasteiger charge is -2.25. The molecule has 1 aliphatic heterocycles. The molecule has 1 fully saturated rings. The number of para-hydroxylation sites is 1. The number of nitrogens with one attached hydrogen (secondary N) is 1. The van der Waals surface area contributed by atoms with Crippen LogP contribution in [0.2, 0.25) is 0 Å². The average molecular weight is 366 g/mol. The zero-order chi connectivity index (χ0) is 16.3. The summed E-state index contributed by atoms with van der Waals surface area (Å²) in [7, 11) is -2.79. The molecule has 0 aromatic heterocycles. The van der Waals surface area contributed by atoms with Gasteiger partial charge in [-0.2, -0.15) is 12.7 Å². The Bertz CT molecular complexity index is 696.